The lowest BCUT2D eigenvalue weighted by molar-refractivity contribution is -0.132. The summed E-state index contributed by atoms with van der Waals surface area (Å²) < 4.78 is 24.9. The normalized spacial score (nSPS) is 13.5. The highest BCUT2D eigenvalue weighted by Crippen LogP contribution is 2.43. The Labute approximate surface area is 262 Å². The minimum Gasteiger partial charge on any atom is -0.495 e. The van der Waals surface area contributed by atoms with Crippen LogP contribution in [0.4, 0.5) is 4.39 Å². The number of benzene rings is 3. The third-order valence-electron chi connectivity index (χ3n) is 7.83. The maximum Gasteiger partial charge on any atom is 0.321 e. The third kappa shape index (κ3) is 5.26. The summed E-state index contributed by atoms with van der Waals surface area (Å²) in [6.45, 7) is 10.0. The Hall–Kier alpha value is -3.59. The van der Waals surface area contributed by atoms with Gasteiger partial charge in [0.2, 0.25) is 5.91 Å². The van der Waals surface area contributed by atoms with Gasteiger partial charge in [-0.2, -0.15) is 0 Å². The van der Waals surface area contributed by atoms with Crippen LogP contribution in [0.5, 0.6) is 5.75 Å². The number of ether oxygens (including phenoxy) is 1. The van der Waals surface area contributed by atoms with Crippen molar-refractivity contribution in [2.75, 3.05) is 20.2 Å². The Morgan fingerprint density at radius 2 is 1.79 bits per heavy atom. The van der Waals surface area contributed by atoms with E-state index in [9.17, 15) is 14.4 Å². The largest absolute Gasteiger partial charge is 0.495 e. The topological polar surface area (TPSA) is 73.5 Å². The molecule has 0 atom stereocenters. The summed E-state index contributed by atoms with van der Waals surface area (Å²) in [6, 6.07) is 9.89. The molecule has 1 saturated heterocycles. The summed E-state index contributed by atoms with van der Waals surface area (Å²) in [6.07, 6.45) is 1.22. The molecule has 1 aliphatic rings. The number of fused-ring (bicyclic) bond motifs is 1. The molecule has 0 bridgehead atoms. The Balaban J connectivity index is 1.87. The van der Waals surface area contributed by atoms with E-state index in [4.69, 9.17) is 39.5 Å². The van der Waals surface area contributed by atoms with E-state index in [0.29, 0.717) is 24.3 Å². The molecule has 224 valence electrons. The van der Waals surface area contributed by atoms with E-state index >= 15 is 4.39 Å². The van der Waals surface area contributed by atoms with Gasteiger partial charge in [0.25, 0.3) is 0 Å². The van der Waals surface area contributed by atoms with E-state index in [0.717, 1.165) is 10.1 Å². The number of carbonyl (C=O) groups excluding carboxylic acids is 1. The minimum absolute atomic E-state index is 0.0273. The van der Waals surface area contributed by atoms with Crippen molar-refractivity contribution in [3.63, 3.8) is 0 Å². The van der Waals surface area contributed by atoms with Gasteiger partial charge >= 0.3 is 11.1 Å². The van der Waals surface area contributed by atoms with E-state index < -0.39 is 16.9 Å². The zero-order valence-corrected chi connectivity index (χ0v) is 26.3. The van der Waals surface area contributed by atoms with Crippen LogP contribution in [0.3, 0.4) is 0 Å². The number of rotatable bonds is 7. The van der Waals surface area contributed by atoms with E-state index in [1.54, 1.807) is 17.9 Å². The number of hydrogen-bond donors (Lipinski definition) is 0. The number of para-hydroxylation sites is 1. The molecule has 0 radical (unpaired) electrons. The van der Waals surface area contributed by atoms with Gasteiger partial charge in [0.05, 0.1) is 33.4 Å². The Morgan fingerprint density at radius 3 is 2.42 bits per heavy atom. The fourth-order valence-electron chi connectivity index (χ4n) is 5.66. The van der Waals surface area contributed by atoms with E-state index in [-0.39, 0.29) is 67.3 Å². The van der Waals surface area contributed by atoms with Crippen LogP contribution in [0.15, 0.2) is 58.6 Å². The van der Waals surface area contributed by atoms with Gasteiger partial charge in [-0.3, -0.25) is 19.0 Å². The highest BCUT2D eigenvalue weighted by molar-refractivity contribution is 6.39. The molecule has 0 N–H and O–H groups in total. The first-order valence-electron chi connectivity index (χ1n) is 13.6. The standard InChI is InChI=1S/C32H29Cl3FN3O4/c1-6-26(40)37-13-18(14-37)15-38-24-12-23(35)27(20-10-25(43-5)22(34)11-21(20)33)28(36)30(24)39(32(42)31(38)41)29-17(4)8-7-9-19(29)16(2)3/h6-12,16,18H,1,13-15H2,2-5H3. The predicted octanol–water partition coefficient (Wildman–Crippen LogP) is 7.00. The number of nitrogens with zero attached hydrogens (tertiary/aromatic N) is 3. The molecule has 1 amide bonds. The lowest BCUT2D eigenvalue weighted by Crippen LogP contribution is -2.52. The molecule has 2 heterocycles. The second-order valence-corrected chi connectivity index (χ2v) is 12.1. The number of amides is 1. The number of aryl methyl sites for hydroxylation is 1. The van der Waals surface area contributed by atoms with Crippen LogP contribution < -0.4 is 15.9 Å². The van der Waals surface area contributed by atoms with Crippen molar-refractivity contribution in [1.82, 2.24) is 14.0 Å². The molecular formula is C32H29Cl3FN3O4. The second kappa shape index (κ2) is 11.8. The summed E-state index contributed by atoms with van der Waals surface area (Å²) in [5.74, 6) is -0.995. The van der Waals surface area contributed by atoms with Crippen LogP contribution >= 0.6 is 34.8 Å². The fraction of sp³-hybridized carbons (Fsp3) is 0.281. The molecule has 4 aromatic rings. The number of likely N-dealkylation sites (tertiary alicyclic amines) is 1. The number of hydrogen-bond acceptors (Lipinski definition) is 4. The molecule has 7 nitrogen and oxygen atoms in total. The van der Waals surface area contributed by atoms with Crippen LogP contribution in [-0.2, 0) is 11.3 Å². The van der Waals surface area contributed by atoms with Gasteiger partial charge in [0, 0.05) is 36.7 Å². The molecule has 11 heteroatoms. The van der Waals surface area contributed by atoms with Crippen LogP contribution in [0.1, 0.15) is 30.9 Å². The van der Waals surface area contributed by atoms with Crippen molar-refractivity contribution in [2.45, 2.75) is 33.2 Å². The zero-order valence-electron chi connectivity index (χ0n) is 24.0. The molecule has 1 aliphatic heterocycles. The van der Waals surface area contributed by atoms with Crippen molar-refractivity contribution in [3.05, 3.63) is 102 Å². The highest BCUT2D eigenvalue weighted by Gasteiger charge is 2.32. The first-order chi connectivity index (χ1) is 20.4. The van der Waals surface area contributed by atoms with Gasteiger partial charge in [-0.25, -0.2) is 4.39 Å². The predicted molar refractivity (Wildman–Crippen MR) is 170 cm³/mol. The number of halogens is 4. The van der Waals surface area contributed by atoms with E-state index in [1.807, 2.05) is 26.0 Å². The van der Waals surface area contributed by atoms with Crippen LogP contribution in [-0.4, -0.2) is 40.1 Å². The summed E-state index contributed by atoms with van der Waals surface area (Å²) in [4.78, 5) is 41.4. The maximum absolute atomic E-state index is 17.1. The first kappa shape index (κ1) is 30.9. The van der Waals surface area contributed by atoms with Gasteiger partial charge in [-0.15, -0.1) is 0 Å². The van der Waals surface area contributed by atoms with Crippen molar-refractivity contribution in [2.24, 2.45) is 5.92 Å². The Morgan fingerprint density at radius 1 is 1.09 bits per heavy atom. The number of aromatic nitrogens is 2. The molecule has 43 heavy (non-hydrogen) atoms. The summed E-state index contributed by atoms with van der Waals surface area (Å²) in [5.41, 5.74) is 0.293. The second-order valence-electron chi connectivity index (χ2n) is 10.9. The monoisotopic (exact) mass is 643 g/mol. The minimum atomic E-state index is -0.908. The van der Waals surface area contributed by atoms with Gasteiger partial charge < -0.3 is 14.2 Å². The maximum atomic E-state index is 17.1. The summed E-state index contributed by atoms with van der Waals surface area (Å²) in [7, 11) is 1.42. The summed E-state index contributed by atoms with van der Waals surface area (Å²) in [5, 5.41) is 0.319. The van der Waals surface area contributed by atoms with Crippen molar-refractivity contribution < 1.29 is 13.9 Å². The molecule has 0 aliphatic carbocycles. The smallest absolute Gasteiger partial charge is 0.321 e. The third-order valence-corrected chi connectivity index (χ3v) is 8.73. The molecule has 5 rings (SSSR count). The lowest BCUT2D eigenvalue weighted by atomic mass is 9.97. The summed E-state index contributed by atoms with van der Waals surface area (Å²) >= 11 is 19.5. The van der Waals surface area contributed by atoms with Crippen molar-refractivity contribution in [3.8, 4) is 22.6 Å². The average molecular weight is 645 g/mol. The van der Waals surface area contributed by atoms with E-state index in [2.05, 4.69) is 6.58 Å². The fourth-order valence-corrected chi connectivity index (χ4v) is 6.50. The lowest BCUT2D eigenvalue weighted by Gasteiger charge is -2.39. The SMILES string of the molecule is C=CC(=O)N1CC(Cn2c(=O)c(=O)n(-c3c(C)cccc3C(C)C)c3c(F)c(-c4cc(OC)c(Cl)cc4Cl)c(Cl)cc32)C1. The van der Waals surface area contributed by atoms with Crippen LogP contribution in [0.2, 0.25) is 15.1 Å². The molecule has 0 spiro atoms. The van der Waals surface area contributed by atoms with Crippen molar-refractivity contribution in [1.29, 1.82) is 0 Å². The Kier molecular flexibility index (Phi) is 8.49. The van der Waals surface area contributed by atoms with Gasteiger partial charge in [-0.05, 0) is 48.2 Å². The van der Waals surface area contributed by atoms with Crippen molar-refractivity contribution >= 4 is 51.7 Å². The molecular weight excluding hydrogens is 616 g/mol. The quantitative estimate of drug-likeness (QED) is 0.160. The van der Waals surface area contributed by atoms with Crippen LogP contribution in [0.25, 0.3) is 27.8 Å². The molecule has 0 unspecified atom stereocenters. The van der Waals surface area contributed by atoms with Crippen LogP contribution in [0, 0.1) is 18.7 Å². The number of carbonyl (C=O) groups is 1. The van der Waals surface area contributed by atoms with Gasteiger partial charge in [0.1, 0.15) is 11.3 Å². The molecule has 3 aromatic carbocycles. The zero-order chi connectivity index (χ0) is 31.3. The first-order valence-corrected chi connectivity index (χ1v) is 14.7. The van der Waals surface area contributed by atoms with Gasteiger partial charge in [0.15, 0.2) is 5.82 Å². The van der Waals surface area contributed by atoms with E-state index in [1.165, 1.54) is 36.0 Å². The number of methoxy groups -OCH3 is 1. The molecule has 1 fully saturated rings. The van der Waals surface area contributed by atoms with Gasteiger partial charge in [-0.1, -0.05) is 73.4 Å². The molecule has 1 aromatic heterocycles. The highest BCUT2D eigenvalue weighted by atomic mass is 35.5. The Bertz CT molecular complexity index is 1930. The molecule has 0 saturated carbocycles. The average Bonchev–Trinajstić information content (AvgIpc) is 2.93.